The number of sulfonamides is 1. The SMILES string of the molecule is O=C(O)CCN(c1ccc2ccccc2c1)S(=O)(=O)c1ccccc1. The normalized spacial score (nSPS) is 11.4. The number of hydrogen-bond acceptors (Lipinski definition) is 3. The molecule has 0 unspecified atom stereocenters. The summed E-state index contributed by atoms with van der Waals surface area (Å²) in [5, 5.41) is 10.9. The van der Waals surface area contributed by atoms with Gasteiger partial charge in [0, 0.05) is 6.54 Å². The molecular formula is C19H17NO4S. The van der Waals surface area contributed by atoms with Crippen LogP contribution in [0, 0.1) is 0 Å². The van der Waals surface area contributed by atoms with Crippen LogP contribution in [0.3, 0.4) is 0 Å². The highest BCUT2D eigenvalue weighted by molar-refractivity contribution is 7.92. The second kappa shape index (κ2) is 6.94. The third-order valence-electron chi connectivity index (χ3n) is 3.88. The minimum Gasteiger partial charge on any atom is -0.481 e. The number of carboxylic acid groups (broad SMARTS) is 1. The molecule has 0 heterocycles. The standard InChI is InChI=1S/C19H17NO4S/c21-19(22)12-13-20(25(23,24)18-8-2-1-3-9-18)17-11-10-15-6-4-5-7-16(15)14-17/h1-11,14H,12-13H2,(H,21,22). The van der Waals surface area contributed by atoms with Gasteiger partial charge in [0.05, 0.1) is 17.0 Å². The second-order valence-corrected chi connectivity index (χ2v) is 7.43. The van der Waals surface area contributed by atoms with Gasteiger partial charge in [0.15, 0.2) is 0 Å². The number of carbonyl (C=O) groups is 1. The number of fused-ring (bicyclic) bond motifs is 1. The molecule has 0 fully saturated rings. The highest BCUT2D eigenvalue weighted by Gasteiger charge is 2.25. The van der Waals surface area contributed by atoms with E-state index in [1.165, 1.54) is 12.1 Å². The van der Waals surface area contributed by atoms with Crippen molar-refractivity contribution in [1.82, 2.24) is 0 Å². The van der Waals surface area contributed by atoms with Crippen LogP contribution in [-0.4, -0.2) is 26.0 Å². The molecule has 5 nitrogen and oxygen atoms in total. The lowest BCUT2D eigenvalue weighted by Gasteiger charge is -2.24. The maximum Gasteiger partial charge on any atom is 0.305 e. The molecule has 0 aliphatic heterocycles. The lowest BCUT2D eigenvalue weighted by Crippen LogP contribution is -2.33. The highest BCUT2D eigenvalue weighted by Crippen LogP contribution is 2.27. The fourth-order valence-electron chi connectivity index (χ4n) is 2.64. The Hall–Kier alpha value is -2.86. The average molecular weight is 355 g/mol. The fourth-order valence-corrected chi connectivity index (χ4v) is 4.12. The zero-order valence-corrected chi connectivity index (χ0v) is 14.2. The molecule has 0 aliphatic rings. The van der Waals surface area contributed by atoms with Crippen molar-refractivity contribution in [2.24, 2.45) is 0 Å². The minimum atomic E-state index is -3.85. The van der Waals surface area contributed by atoms with Crippen LogP contribution in [0.1, 0.15) is 6.42 Å². The Balaban J connectivity index is 2.08. The van der Waals surface area contributed by atoms with E-state index < -0.39 is 16.0 Å². The molecule has 0 aromatic heterocycles. The molecule has 25 heavy (non-hydrogen) atoms. The molecule has 6 heteroatoms. The van der Waals surface area contributed by atoms with Gasteiger partial charge in [-0.25, -0.2) is 8.42 Å². The van der Waals surface area contributed by atoms with Crippen LogP contribution in [0.4, 0.5) is 5.69 Å². The van der Waals surface area contributed by atoms with Gasteiger partial charge in [-0.2, -0.15) is 0 Å². The van der Waals surface area contributed by atoms with E-state index in [0.717, 1.165) is 15.1 Å². The van der Waals surface area contributed by atoms with E-state index in [-0.39, 0.29) is 17.9 Å². The summed E-state index contributed by atoms with van der Waals surface area (Å²) in [4.78, 5) is 11.1. The summed E-state index contributed by atoms with van der Waals surface area (Å²) in [5.74, 6) is -1.05. The molecule has 3 aromatic rings. The van der Waals surface area contributed by atoms with Crippen molar-refractivity contribution in [3.05, 3.63) is 72.8 Å². The number of anilines is 1. The fraction of sp³-hybridized carbons (Fsp3) is 0.105. The van der Waals surface area contributed by atoms with Gasteiger partial charge in [-0.15, -0.1) is 0 Å². The van der Waals surface area contributed by atoms with Gasteiger partial charge in [0.1, 0.15) is 0 Å². The van der Waals surface area contributed by atoms with Crippen LogP contribution < -0.4 is 4.31 Å². The summed E-state index contributed by atoms with van der Waals surface area (Å²) in [6.07, 6.45) is -0.279. The number of rotatable bonds is 6. The Morgan fingerprint density at radius 3 is 2.20 bits per heavy atom. The van der Waals surface area contributed by atoms with E-state index in [1.54, 1.807) is 30.3 Å². The van der Waals surface area contributed by atoms with Gasteiger partial charge < -0.3 is 5.11 Å². The molecule has 0 aliphatic carbocycles. The molecular weight excluding hydrogens is 338 g/mol. The van der Waals surface area contributed by atoms with Gasteiger partial charge >= 0.3 is 5.97 Å². The van der Waals surface area contributed by atoms with Crippen molar-refractivity contribution < 1.29 is 18.3 Å². The lowest BCUT2D eigenvalue weighted by atomic mass is 10.1. The van der Waals surface area contributed by atoms with Crippen molar-refractivity contribution in [2.75, 3.05) is 10.8 Å². The Labute approximate surface area is 146 Å². The van der Waals surface area contributed by atoms with Crippen LogP contribution in [0.2, 0.25) is 0 Å². The summed E-state index contributed by atoms with van der Waals surface area (Å²) in [6.45, 7) is -0.134. The third kappa shape index (κ3) is 3.64. The Morgan fingerprint density at radius 2 is 1.52 bits per heavy atom. The molecule has 0 spiro atoms. The molecule has 3 aromatic carbocycles. The van der Waals surface area contributed by atoms with Crippen LogP contribution in [0.15, 0.2) is 77.7 Å². The Kier molecular flexibility index (Phi) is 4.72. The van der Waals surface area contributed by atoms with E-state index in [0.29, 0.717) is 5.69 Å². The van der Waals surface area contributed by atoms with E-state index in [4.69, 9.17) is 5.11 Å². The second-order valence-electron chi connectivity index (χ2n) is 5.57. The highest BCUT2D eigenvalue weighted by atomic mass is 32.2. The number of aliphatic carboxylic acids is 1. The van der Waals surface area contributed by atoms with Crippen LogP contribution >= 0.6 is 0 Å². The molecule has 3 rings (SSSR count). The first-order valence-corrected chi connectivity index (χ1v) is 9.21. The quantitative estimate of drug-likeness (QED) is 0.734. The van der Waals surface area contributed by atoms with Gasteiger partial charge in [-0.3, -0.25) is 9.10 Å². The van der Waals surface area contributed by atoms with Gasteiger partial charge in [-0.05, 0) is 35.0 Å². The number of carboxylic acids is 1. The first kappa shape index (κ1) is 17.0. The van der Waals surface area contributed by atoms with E-state index in [2.05, 4.69) is 0 Å². The molecule has 0 saturated heterocycles. The maximum atomic E-state index is 13.0. The van der Waals surface area contributed by atoms with Crippen molar-refractivity contribution >= 4 is 32.5 Å². The molecule has 1 N–H and O–H groups in total. The van der Waals surface area contributed by atoms with Crippen molar-refractivity contribution in [3.8, 4) is 0 Å². The first-order valence-electron chi connectivity index (χ1n) is 7.77. The van der Waals surface area contributed by atoms with Crippen molar-refractivity contribution in [2.45, 2.75) is 11.3 Å². The van der Waals surface area contributed by atoms with Crippen LogP contribution in [-0.2, 0) is 14.8 Å². The van der Waals surface area contributed by atoms with E-state index in [9.17, 15) is 13.2 Å². The van der Waals surface area contributed by atoms with Crippen LogP contribution in [0.5, 0.6) is 0 Å². The van der Waals surface area contributed by atoms with Crippen LogP contribution in [0.25, 0.3) is 10.8 Å². The zero-order chi connectivity index (χ0) is 17.9. The Bertz CT molecular complexity index is 1000. The predicted octanol–water partition coefficient (Wildman–Crippen LogP) is 3.51. The summed E-state index contributed by atoms with van der Waals surface area (Å²) < 4.78 is 27.2. The summed E-state index contributed by atoms with van der Waals surface area (Å²) in [6, 6.07) is 20.9. The largest absolute Gasteiger partial charge is 0.481 e. The monoisotopic (exact) mass is 355 g/mol. The third-order valence-corrected chi connectivity index (χ3v) is 5.72. The predicted molar refractivity (Wildman–Crippen MR) is 97.2 cm³/mol. The number of nitrogens with zero attached hydrogens (tertiary/aromatic N) is 1. The zero-order valence-electron chi connectivity index (χ0n) is 13.4. The molecule has 128 valence electrons. The minimum absolute atomic E-state index is 0.133. The first-order chi connectivity index (χ1) is 12.0. The molecule has 0 atom stereocenters. The molecule has 0 saturated carbocycles. The molecule has 0 bridgehead atoms. The number of benzene rings is 3. The van der Waals surface area contributed by atoms with Crippen molar-refractivity contribution in [3.63, 3.8) is 0 Å². The smallest absolute Gasteiger partial charge is 0.305 e. The Morgan fingerprint density at radius 1 is 0.880 bits per heavy atom. The molecule has 0 radical (unpaired) electrons. The van der Waals surface area contributed by atoms with Gasteiger partial charge in [0.25, 0.3) is 10.0 Å². The lowest BCUT2D eigenvalue weighted by molar-refractivity contribution is -0.136. The van der Waals surface area contributed by atoms with Crippen molar-refractivity contribution in [1.29, 1.82) is 0 Å². The summed E-state index contributed by atoms with van der Waals surface area (Å²) in [5.41, 5.74) is 0.448. The van der Waals surface area contributed by atoms with Gasteiger partial charge in [0.2, 0.25) is 0 Å². The topological polar surface area (TPSA) is 74.7 Å². The molecule has 0 amide bonds. The van der Waals surface area contributed by atoms with E-state index >= 15 is 0 Å². The van der Waals surface area contributed by atoms with E-state index in [1.807, 2.05) is 30.3 Å². The number of hydrogen-bond donors (Lipinski definition) is 1. The maximum absolute atomic E-state index is 13.0. The summed E-state index contributed by atoms with van der Waals surface area (Å²) >= 11 is 0. The average Bonchev–Trinajstić information content (AvgIpc) is 2.62. The van der Waals surface area contributed by atoms with Gasteiger partial charge in [-0.1, -0.05) is 48.5 Å². The summed E-state index contributed by atoms with van der Waals surface area (Å²) in [7, 11) is -3.85.